The van der Waals surface area contributed by atoms with Gasteiger partial charge in [-0.2, -0.15) is 0 Å². The predicted octanol–water partition coefficient (Wildman–Crippen LogP) is 1.69. The number of allylic oxidation sites excluding steroid dienone is 1. The normalized spacial score (nSPS) is 30.7. The second-order valence-corrected chi connectivity index (χ2v) is 5.41. The highest BCUT2D eigenvalue weighted by atomic mass is 16.3. The van der Waals surface area contributed by atoms with Gasteiger partial charge in [-0.3, -0.25) is 4.79 Å². The average molecular weight is 243 g/mol. The molecular formula is C15H17NO2. The Morgan fingerprint density at radius 1 is 1.33 bits per heavy atom. The first-order valence-corrected chi connectivity index (χ1v) is 6.33. The number of hydrogen-bond acceptors (Lipinski definition) is 3. The molecule has 1 aromatic rings. The molecule has 1 fully saturated rings. The lowest BCUT2D eigenvalue weighted by molar-refractivity contribution is -0.117. The number of ketones is 1. The number of rotatable bonds is 1. The van der Waals surface area contributed by atoms with E-state index in [1.165, 1.54) is 11.6 Å². The fraction of sp³-hybridized carbons (Fsp3) is 0.400. The van der Waals surface area contributed by atoms with E-state index >= 15 is 0 Å². The third-order valence-electron chi connectivity index (χ3n) is 4.00. The summed E-state index contributed by atoms with van der Waals surface area (Å²) in [7, 11) is 0. The standard InChI is InChI=1S/C15H17NO2/c1-11-2-4-13(5-3-11)16-9-12-8-14(17)6-7-15(12,18)10-16/h2-7,12,18H,8-10H2,1H3. The van der Waals surface area contributed by atoms with Gasteiger partial charge in [0.2, 0.25) is 0 Å². The third-order valence-corrected chi connectivity index (χ3v) is 4.00. The SMILES string of the molecule is Cc1ccc(N2CC3CC(=O)C=CC3(O)C2)cc1. The van der Waals surface area contributed by atoms with Gasteiger partial charge in [-0.05, 0) is 31.2 Å². The van der Waals surface area contributed by atoms with Gasteiger partial charge in [-0.15, -0.1) is 0 Å². The summed E-state index contributed by atoms with van der Waals surface area (Å²) in [5.41, 5.74) is 1.51. The number of aryl methyl sites for hydroxylation is 1. The van der Waals surface area contributed by atoms with Gasteiger partial charge in [-0.1, -0.05) is 17.7 Å². The molecule has 1 aromatic carbocycles. The summed E-state index contributed by atoms with van der Waals surface area (Å²) in [6, 6.07) is 8.29. The van der Waals surface area contributed by atoms with Crippen molar-refractivity contribution in [3.05, 3.63) is 42.0 Å². The molecule has 0 saturated carbocycles. The van der Waals surface area contributed by atoms with E-state index in [9.17, 15) is 9.90 Å². The van der Waals surface area contributed by atoms with Gasteiger partial charge in [-0.25, -0.2) is 0 Å². The number of hydrogen-bond donors (Lipinski definition) is 1. The Bertz CT molecular complexity index is 506. The first-order valence-electron chi connectivity index (χ1n) is 6.33. The molecule has 1 N–H and O–H groups in total. The fourth-order valence-corrected chi connectivity index (χ4v) is 2.85. The number of β-amino-alcohol motifs (C(OH)–C–C–N with tert-alkyl or cyclic N) is 1. The molecule has 0 amide bonds. The van der Waals surface area contributed by atoms with Crippen LogP contribution >= 0.6 is 0 Å². The molecule has 0 spiro atoms. The number of nitrogens with zero attached hydrogens (tertiary/aromatic N) is 1. The Balaban J connectivity index is 1.85. The van der Waals surface area contributed by atoms with Crippen molar-refractivity contribution in [1.29, 1.82) is 0 Å². The molecule has 0 radical (unpaired) electrons. The number of benzene rings is 1. The maximum Gasteiger partial charge on any atom is 0.155 e. The van der Waals surface area contributed by atoms with Crippen molar-refractivity contribution >= 4 is 11.5 Å². The number of carbonyl (C=O) groups is 1. The average Bonchev–Trinajstić information content (AvgIpc) is 2.67. The molecule has 2 aliphatic rings. The number of carbonyl (C=O) groups excluding carboxylic acids is 1. The number of fused-ring (bicyclic) bond motifs is 1. The second kappa shape index (κ2) is 3.95. The number of aliphatic hydroxyl groups is 1. The van der Waals surface area contributed by atoms with Crippen LogP contribution in [0, 0.1) is 12.8 Å². The fourth-order valence-electron chi connectivity index (χ4n) is 2.85. The Labute approximate surface area is 107 Å². The van der Waals surface area contributed by atoms with E-state index < -0.39 is 5.60 Å². The Hall–Kier alpha value is -1.61. The quantitative estimate of drug-likeness (QED) is 0.816. The molecule has 1 heterocycles. The Morgan fingerprint density at radius 2 is 2.06 bits per heavy atom. The highest BCUT2D eigenvalue weighted by molar-refractivity contribution is 5.91. The zero-order valence-electron chi connectivity index (χ0n) is 10.5. The van der Waals surface area contributed by atoms with Crippen molar-refractivity contribution in [3.63, 3.8) is 0 Å². The van der Waals surface area contributed by atoms with Gasteiger partial charge in [0.25, 0.3) is 0 Å². The van der Waals surface area contributed by atoms with Crippen LogP contribution in [0.3, 0.4) is 0 Å². The van der Waals surface area contributed by atoms with Crippen LogP contribution in [0.5, 0.6) is 0 Å². The zero-order chi connectivity index (χ0) is 12.8. The monoisotopic (exact) mass is 243 g/mol. The van der Waals surface area contributed by atoms with Crippen LogP contribution in [0.15, 0.2) is 36.4 Å². The topological polar surface area (TPSA) is 40.5 Å². The van der Waals surface area contributed by atoms with E-state index in [2.05, 4.69) is 36.1 Å². The molecule has 18 heavy (non-hydrogen) atoms. The van der Waals surface area contributed by atoms with Gasteiger partial charge in [0, 0.05) is 24.6 Å². The molecule has 0 aromatic heterocycles. The van der Waals surface area contributed by atoms with Gasteiger partial charge in [0.05, 0.1) is 6.54 Å². The van der Waals surface area contributed by atoms with Crippen LogP contribution in [-0.2, 0) is 4.79 Å². The summed E-state index contributed by atoms with van der Waals surface area (Å²) >= 11 is 0. The first kappa shape index (κ1) is 11.5. The van der Waals surface area contributed by atoms with Crippen LogP contribution in [-0.4, -0.2) is 29.6 Å². The van der Waals surface area contributed by atoms with E-state index in [1.54, 1.807) is 6.08 Å². The molecule has 2 atom stereocenters. The van der Waals surface area contributed by atoms with Crippen LogP contribution in [0.2, 0.25) is 0 Å². The van der Waals surface area contributed by atoms with Crippen molar-refractivity contribution in [2.24, 2.45) is 5.92 Å². The van der Waals surface area contributed by atoms with Crippen LogP contribution in [0.25, 0.3) is 0 Å². The highest BCUT2D eigenvalue weighted by Crippen LogP contribution is 2.37. The molecular weight excluding hydrogens is 226 g/mol. The summed E-state index contributed by atoms with van der Waals surface area (Å²) in [5.74, 6) is 0.145. The van der Waals surface area contributed by atoms with Crippen molar-refractivity contribution in [3.8, 4) is 0 Å². The van der Waals surface area contributed by atoms with Crippen LogP contribution in [0.4, 0.5) is 5.69 Å². The molecule has 1 aliphatic carbocycles. The molecule has 3 nitrogen and oxygen atoms in total. The zero-order valence-corrected chi connectivity index (χ0v) is 10.5. The van der Waals surface area contributed by atoms with E-state index in [-0.39, 0.29) is 11.7 Å². The lowest BCUT2D eigenvalue weighted by Gasteiger charge is -2.27. The summed E-state index contributed by atoms with van der Waals surface area (Å²) in [6.45, 7) is 3.38. The second-order valence-electron chi connectivity index (χ2n) is 5.41. The van der Waals surface area contributed by atoms with E-state index in [1.807, 2.05) is 0 Å². The van der Waals surface area contributed by atoms with Crippen molar-refractivity contribution in [1.82, 2.24) is 0 Å². The maximum absolute atomic E-state index is 11.4. The third kappa shape index (κ3) is 1.85. The molecule has 1 aliphatic heterocycles. The number of anilines is 1. The highest BCUT2D eigenvalue weighted by Gasteiger charge is 2.45. The lowest BCUT2D eigenvalue weighted by Crippen LogP contribution is -2.39. The largest absolute Gasteiger partial charge is 0.384 e. The molecule has 3 heteroatoms. The van der Waals surface area contributed by atoms with Crippen LogP contribution < -0.4 is 4.90 Å². The molecule has 1 saturated heterocycles. The summed E-state index contributed by atoms with van der Waals surface area (Å²) in [5, 5.41) is 10.5. The van der Waals surface area contributed by atoms with Gasteiger partial charge in [0.1, 0.15) is 5.60 Å². The molecule has 2 unspecified atom stereocenters. The Kier molecular flexibility index (Phi) is 2.52. The lowest BCUT2D eigenvalue weighted by atomic mass is 9.82. The smallest absolute Gasteiger partial charge is 0.155 e. The minimum atomic E-state index is -0.835. The molecule has 94 valence electrons. The van der Waals surface area contributed by atoms with Gasteiger partial charge < -0.3 is 10.0 Å². The van der Waals surface area contributed by atoms with E-state index in [0.29, 0.717) is 13.0 Å². The predicted molar refractivity (Wildman–Crippen MR) is 70.6 cm³/mol. The summed E-state index contributed by atoms with van der Waals surface area (Å²) in [4.78, 5) is 13.6. The van der Waals surface area contributed by atoms with Crippen molar-refractivity contribution < 1.29 is 9.90 Å². The molecule has 0 bridgehead atoms. The van der Waals surface area contributed by atoms with Gasteiger partial charge >= 0.3 is 0 Å². The summed E-state index contributed by atoms with van der Waals surface area (Å²) < 4.78 is 0. The van der Waals surface area contributed by atoms with Crippen molar-refractivity contribution in [2.75, 3.05) is 18.0 Å². The van der Waals surface area contributed by atoms with Crippen molar-refractivity contribution in [2.45, 2.75) is 18.9 Å². The first-order chi connectivity index (χ1) is 8.57. The minimum absolute atomic E-state index is 0.0244. The van der Waals surface area contributed by atoms with E-state index in [4.69, 9.17) is 0 Å². The molecule has 3 rings (SSSR count). The Morgan fingerprint density at radius 3 is 2.78 bits per heavy atom. The van der Waals surface area contributed by atoms with E-state index in [0.717, 1.165) is 12.2 Å². The summed E-state index contributed by atoms with van der Waals surface area (Å²) in [6.07, 6.45) is 3.65. The maximum atomic E-state index is 11.4. The van der Waals surface area contributed by atoms with Crippen LogP contribution in [0.1, 0.15) is 12.0 Å². The minimum Gasteiger partial charge on any atom is -0.384 e. The van der Waals surface area contributed by atoms with Gasteiger partial charge in [0.15, 0.2) is 5.78 Å².